The predicted octanol–water partition coefficient (Wildman–Crippen LogP) is 6.60. The smallest absolute Gasteiger partial charge is 0.333 e. The maximum atomic E-state index is 12.7. The van der Waals surface area contributed by atoms with Crippen LogP contribution in [0.5, 0.6) is 0 Å². The van der Waals surface area contributed by atoms with Gasteiger partial charge in [-0.25, -0.2) is 28.8 Å². The molecule has 5 saturated heterocycles. The summed E-state index contributed by atoms with van der Waals surface area (Å²) in [6.07, 6.45) is 8.25. The molecule has 54 heteroatoms. The van der Waals surface area contributed by atoms with Gasteiger partial charge in [0, 0.05) is 199 Å². The van der Waals surface area contributed by atoms with E-state index in [1.165, 1.54) is 96.5 Å². The summed E-state index contributed by atoms with van der Waals surface area (Å²) in [6, 6.07) is -2.06. The monoisotopic (exact) mass is 1850 g/mol. The molecule has 0 saturated carbocycles. The highest BCUT2D eigenvalue weighted by Crippen LogP contribution is 2.36. The summed E-state index contributed by atoms with van der Waals surface area (Å²) in [6.45, 7) is 25.6. The van der Waals surface area contributed by atoms with Crippen molar-refractivity contribution in [3.05, 3.63) is 270 Å². The molecule has 132 heavy (non-hydrogen) atoms. The molecule has 0 bridgehead atoms. The van der Waals surface area contributed by atoms with Gasteiger partial charge in [0.1, 0.15) is 37.2 Å². The van der Waals surface area contributed by atoms with E-state index in [0.717, 1.165) is 22.0 Å². The summed E-state index contributed by atoms with van der Waals surface area (Å²) in [5.74, 6) is 0. The Balaban J connectivity index is 0.000000217. The molecule has 12 heterocycles. The van der Waals surface area contributed by atoms with E-state index < -0.39 is 155 Å². The maximum absolute atomic E-state index is 12.7. The number of ether oxygens (including phenoxy) is 12. The number of hydrogen-bond acceptors (Lipinski definition) is 30. The second kappa shape index (κ2) is 52.3. The van der Waals surface area contributed by atoms with Crippen LogP contribution >= 0.6 is 0 Å². The zero-order chi connectivity index (χ0) is 97.2. The van der Waals surface area contributed by atoms with Crippen LogP contribution in [0.3, 0.4) is 0 Å². The molecule has 12 rings (SSSR count). The number of aryl methyl sites for hydroxylation is 6. The molecule has 17 atom stereocenters. The Morgan fingerprint density at radius 1 is 0.379 bits per heavy atom. The van der Waals surface area contributed by atoms with Crippen molar-refractivity contribution in [3.8, 4) is 0 Å². The lowest BCUT2D eigenvalue weighted by Crippen LogP contribution is -2.42. The van der Waals surface area contributed by atoms with Crippen LogP contribution in [0.1, 0.15) is 164 Å². The Kier molecular flexibility index (Phi) is 42.1. The molecule has 6 aromatic rings. The molecule has 54 nitrogen and oxygen atoms in total. The van der Waals surface area contributed by atoms with E-state index in [-0.39, 0.29) is 49.7 Å². The summed E-state index contributed by atoms with van der Waals surface area (Å²) < 4.78 is 77.6. The van der Waals surface area contributed by atoms with Gasteiger partial charge in [-0.05, 0) is 121 Å². The van der Waals surface area contributed by atoms with Crippen molar-refractivity contribution in [1.29, 1.82) is 0 Å². The molecule has 0 aliphatic carbocycles. The number of methoxy groups -OCH3 is 2. The maximum Gasteiger partial charge on any atom is 0.333 e. The molecule has 0 radical (unpaired) electrons. The minimum Gasteiger partial charge on any atom is -0.382 e. The molecule has 5 unspecified atom stereocenters. The Labute approximate surface area is 749 Å². The third-order valence-corrected chi connectivity index (χ3v) is 21.3. The highest BCUT2D eigenvalue weighted by atomic mass is 16.6. The first-order valence-electron chi connectivity index (χ1n) is 42.3. The molecule has 0 aromatic carbocycles. The first kappa shape index (κ1) is 106. The molecule has 6 aromatic heterocycles. The number of nitrogens with one attached hydrogen (secondary N) is 3. The van der Waals surface area contributed by atoms with Gasteiger partial charge in [0.25, 0.3) is 33.4 Å². The molecule has 3 N–H and O–H groups in total. The minimum absolute atomic E-state index is 0.195. The molecule has 6 aliphatic heterocycles. The zero-order valence-electron chi connectivity index (χ0n) is 75.9. The highest BCUT2D eigenvalue weighted by molar-refractivity contribution is 5.17. The van der Waals surface area contributed by atoms with E-state index in [2.05, 4.69) is 75.1 Å². The van der Waals surface area contributed by atoms with Crippen LogP contribution < -0.4 is 67.5 Å². The Morgan fingerprint density at radius 2 is 0.697 bits per heavy atom. The third-order valence-electron chi connectivity index (χ3n) is 21.3. The largest absolute Gasteiger partial charge is 0.382 e. The average Bonchev–Trinajstić information content (AvgIpc) is 1.43. The minimum atomic E-state index is -0.747. The fourth-order valence-corrected chi connectivity index (χ4v) is 14.6. The number of H-pyrrole nitrogens is 3. The van der Waals surface area contributed by atoms with E-state index in [0.29, 0.717) is 124 Å². The van der Waals surface area contributed by atoms with Crippen LogP contribution in [0.2, 0.25) is 0 Å². The Morgan fingerprint density at radius 3 is 1.02 bits per heavy atom. The normalized spacial score (nSPS) is 23.6. The Bertz CT molecular complexity index is 6060. The lowest BCUT2D eigenvalue weighted by Gasteiger charge is -2.18. The average molecular weight is 1850 g/mol. The molecule has 6 aliphatic rings. The van der Waals surface area contributed by atoms with Gasteiger partial charge in [-0.2, -0.15) is 0 Å². The van der Waals surface area contributed by atoms with Gasteiger partial charge >= 0.3 is 34.1 Å². The summed E-state index contributed by atoms with van der Waals surface area (Å²) in [5, 5.41) is 22.1. The van der Waals surface area contributed by atoms with E-state index >= 15 is 0 Å². The highest BCUT2D eigenvalue weighted by Gasteiger charge is 2.42. The number of nitrogens with zero attached hydrogens (tertiary/aromatic N) is 27. The predicted molar refractivity (Wildman–Crippen MR) is 472 cm³/mol. The molecule has 718 valence electrons. The second-order valence-electron chi connectivity index (χ2n) is 30.7. The van der Waals surface area contributed by atoms with Crippen molar-refractivity contribution < 1.29 is 56.8 Å². The van der Waals surface area contributed by atoms with Crippen LogP contribution in [0, 0.1) is 41.5 Å². The molecule has 0 amide bonds. The van der Waals surface area contributed by atoms with Gasteiger partial charge in [-0.1, -0.05) is 51.5 Å². The van der Waals surface area contributed by atoms with Crippen molar-refractivity contribution in [3.63, 3.8) is 0 Å². The first-order chi connectivity index (χ1) is 63.2. The summed E-state index contributed by atoms with van der Waals surface area (Å²) in [5.41, 5.74) is 49.6. The van der Waals surface area contributed by atoms with Crippen LogP contribution in [-0.4, -0.2) is 203 Å². The lowest BCUT2D eigenvalue weighted by atomic mass is 10.1. The summed E-state index contributed by atoms with van der Waals surface area (Å²) >= 11 is 0. The fourth-order valence-electron chi connectivity index (χ4n) is 14.6. The molecule has 0 spiro atoms. The van der Waals surface area contributed by atoms with Gasteiger partial charge < -0.3 is 56.8 Å². The van der Waals surface area contributed by atoms with Crippen LogP contribution in [0.4, 0.5) is 0 Å². The molecular formula is C78H112N30O24. The van der Waals surface area contributed by atoms with Gasteiger partial charge in [0.15, 0.2) is 6.23 Å². The quantitative estimate of drug-likeness (QED) is 0.0169. The topological polar surface area (TPSA) is 700 Å². The van der Waals surface area contributed by atoms with E-state index in [9.17, 15) is 57.5 Å². The summed E-state index contributed by atoms with van der Waals surface area (Å²) in [4.78, 5) is 166. The van der Waals surface area contributed by atoms with Gasteiger partial charge in [0.05, 0.1) is 100 Å². The molecular weight excluding hydrogens is 1740 g/mol. The van der Waals surface area contributed by atoms with Crippen molar-refractivity contribution in [2.45, 2.75) is 252 Å². The number of azide groups is 6. The fraction of sp³-hybridized carbons (Fsp3) is 0.667. The van der Waals surface area contributed by atoms with Crippen molar-refractivity contribution in [1.82, 2.24) is 56.1 Å². The third kappa shape index (κ3) is 27.9. The molecule has 5 fully saturated rings. The van der Waals surface area contributed by atoms with Crippen molar-refractivity contribution >= 4 is 0 Å². The van der Waals surface area contributed by atoms with Crippen molar-refractivity contribution in [2.75, 3.05) is 80.3 Å². The number of rotatable bonds is 33. The van der Waals surface area contributed by atoms with E-state index in [1.54, 1.807) is 48.5 Å². The number of aromatic amines is 3. The standard InChI is InChI=1S/C16H25N5O4.C14H21N5O4.C13H19N5O4.C12H15N5O4.C12H17N5O4.C11H15N5O4/c1-4-6-20-15(22)11(3)9-21(16(20)23)14-8-12(18-19-17)13(25-14)10-24-7-5-2;1-4-18-13(20)9(3)7-19(14(18)21)12-6-10(16-17-15)11(23-12)8-22-5-2;1-3-4-21-7-10-9(16-17-14)5-11(22-10)18-6-8(2)12(19)15-13(18)20;1-7-5-17(12(19)16(2)11(7)18)10-4-8(14-15-13)9(21-10)6-20-3;1-3-20-6-9-8(15-16-13)4-10(21-9)17-5-7(2)11(18)14-12(17)19;1-6-4-16(11(18)13-10(6)17)9-3-7(14-15-12)8(20-9)5-19-2/h9,12-14H,4-8,10H2,1-3H3;7,10-12H,4-6,8H2,1-3H3;6,9-11H,3-5,7H2,1-2H3,(H,15,19,20);4-5,9-10H,6H2,1-3H3;5,8-10H,3-4,6H2,1-2H3,(H,14,18,19);4,7-9H,3,5H2,1-2H3,(H,13,17,18)/t12?,13-,14-;10?,11-,12-;9?,10-,11-;9-,10-;8?,9-,10-;7?,8-,9-/m111111/s1. The zero-order valence-corrected chi connectivity index (χ0v) is 75.9. The Hall–Kier alpha value is -12.8. The van der Waals surface area contributed by atoms with Gasteiger partial charge in [0.2, 0.25) is 0 Å². The first-order valence-corrected chi connectivity index (χ1v) is 42.3. The van der Waals surface area contributed by atoms with Crippen LogP contribution in [0.25, 0.3) is 62.7 Å². The van der Waals surface area contributed by atoms with E-state index in [1.807, 2.05) is 34.6 Å². The summed E-state index contributed by atoms with van der Waals surface area (Å²) in [7, 11) is 4.40. The van der Waals surface area contributed by atoms with Crippen LogP contribution in [0.15, 0.2) is 137 Å². The SMILES string of the molecule is CCCOC[C@H]1O[C@@H](n2cc(C)c(=O)[nH]c2=O)CC1N=[N+]=[N-].CCCOC[C@H]1O[C@@H](n2cc(C)c(=O)n(CCC)c2=O)CC1N=[N+]=[N-].CCOC[C@H]1O[C@@H](n2cc(C)c(=O)[nH]c2=O)CC1N=[N+]=[N-].CCOC[C@H]1O[C@@H](n2cc(C)c(=O)n(CC)c2=O)CC1N=[N+]=[N-].COC[C@H]1O[C@@H](n2cc(C)c(=O)[nH]c2=O)CC1N=[N+]=[N-].COC[C@H]1O[C@@H](n2cc(C)c(=O)n(C)c2=O)C=C1N=[N+]=[N-]. The van der Waals surface area contributed by atoms with Crippen molar-refractivity contribution in [2.24, 2.45) is 37.7 Å². The number of hydrogen-bond donors (Lipinski definition) is 3. The van der Waals surface area contributed by atoms with Gasteiger partial charge in [-0.15, -0.1) is 0 Å². The second-order valence-corrected chi connectivity index (χ2v) is 30.7. The lowest BCUT2D eigenvalue weighted by molar-refractivity contribution is -0.0457. The van der Waals surface area contributed by atoms with E-state index in [4.69, 9.17) is 90.0 Å². The van der Waals surface area contributed by atoms with Crippen LogP contribution in [-0.2, 0) is 77.0 Å². The number of aromatic nitrogens is 12. The van der Waals surface area contributed by atoms with Gasteiger partial charge in [-0.3, -0.25) is 84.8 Å².